The summed E-state index contributed by atoms with van der Waals surface area (Å²) >= 11 is 0. The van der Waals surface area contributed by atoms with E-state index in [1.165, 1.54) is 6.33 Å². The zero-order valence-electron chi connectivity index (χ0n) is 12.2. The van der Waals surface area contributed by atoms with Crippen molar-refractivity contribution in [3.05, 3.63) is 72.8 Å². The molecule has 0 radical (unpaired) electrons. The van der Waals surface area contributed by atoms with E-state index in [-0.39, 0.29) is 6.10 Å². The number of nitrogens with zero attached hydrogens (tertiary/aromatic N) is 4. The summed E-state index contributed by atoms with van der Waals surface area (Å²) in [6, 6.07) is 17.5. The molecule has 0 aliphatic carbocycles. The van der Waals surface area contributed by atoms with Crippen LogP contribution in [0, 0.1) is 0 Å². The second-order valence-electron chi connectivity index (χ2n) is 5.13. The summed E-state index contributed by atoms with van der Waals surface area (Å²) in [6.07, 6.45) is 3.63. The van der Waals surface area contributed by atoms with Gasteiger partial charge in [0.2, 0.25) is 0 Å². The van der Waals surface area contributed by atoms with Crippen molar-refractivity contribution in [2.45, 2.75) is 12.5 Å². The third kappa shape index (κ3) is 2.91. The Morgan fingerprint density at radius 1 is 1.00 bits per heavy atom. The molecule has 1 aliphatic rings. The highest BCUT2D eigenvalue weighted by Gasteiger charge is 2.24. The van der Waals surface area contributed by atoms with Crippen molar-refractivity contribution in [2.24, 2.45) is 5.16 Å². The van der Waals surface area contributed by atoms with Gasteiger partial charge in [-0.1, -0.05) is 35.5 Å². The van der Waals surface area contributed by atoms with E-state index in [9.17, 15) is 0 Å². The van der Waals surface area contributed by atoms with Crippen LogP contribution in [0.25, 0.3) is 0 Å². The van der Waals surface area contributed by atoms with Crippen LogP contribution in [0.15, 0.2) is 72.4 Å². The third-order valence-corrected chi connectivity index (χ3v) is 3.57. The summed E-state index contributed by atoms with van der Waals surface area (Å²) in [6.45, 7) is 0. The molecule has 1 aromatic heterocycles. The van der Waals surface area contributed by atoms with Crippen LogP contribution in [0.4, 0.5) is 0 Å². The number of ether oxygens (including phenoxy) is 1. The summed E-state index contributed by atoms with van der Waals surface area (Å²) in [5, 5.41) is 8.13. The van der Waals surface area contributed by atoms with Gasteiger partial charge in [-0.15, -0.1) is 0 Å². The van der Waals surface area contributed by atoms with Gasteiger partial charge in [0.25, 0.3) is 0 Å². The molecule has 1 unspecified atom stereocenters. The van der Waals surface area contributed by atoms with Gasteiger partial charge in [0, 0.05) is 0 Å². The Hall–Kier alpha value is -3.15. The summed E-state index contributed by atoms with van der Waals surface area (Å²) in [5.41, 5.74) is 1.05. The standard InChI is InChI=1S/C17H14N4O2/c1-2-4-14(5-3-1)22-15-8-6-13(7-9-15)16-10-17(20-23-16)21-12-18-11-19-21/h1-9,11-12,16H,10H2. The molecule has 23 heavy (non-hydrogen) atoms. The van der Waals surface area contributed by atoms with Crippen LogP contribution in [-0.2, 0) is 4.84 Å². The van der Waals surface area contributed by atoms with E-state index in [0.29, 0.717) is 6.42 Å². The molecule has 3 aromatic rings. The number of rotatable bonds is 3. The minimum Gasteiger partial charge on any atom is -0.457 e. The summed E-state index contributed by atoms with van der Waals surface area (Å²) in [4.78, 5) is 9.41. The Labute approximate surface area is 133 Å². The predicted molar refractivity (Wildman–Crippen MR) is 84.3 cm³/mol. The van der Waals surface area contributed by atoms with Crippen molar-refractivity contribution in [3.8, 4) is 11.5 Å². The first-order valence-electron chi connectivity index (χ1n) is 7.29. The largest absolute Gasteiger partial charge is 0.457 e. The molecule has 6 heteroatoms. The van der Waals surface area contributed by atoms with Crippen molar-refractivity contribution >= 4 is 5.84 Å². The molecule has 4 rings (SSSR count). The van der Waals surface area contributed by atoms with E-state index in [2.05, 4.69) is 15.2 Å². The molecule has 1 aliphatic heterocycles. The molecule has 2 heterocycles. The van der Waals surface area contributed by atoms with Crippen LogP contribution in [0.5, 0.6) is 11.5 Å². The summed E-state index contributed by atoms with van der Waals surface area (Å²) < 4.78 is 7.40. The van der Waals surface area contributed by atoms with Crippen molar-refractivity contribution < 1.29 is 9.57 Å². The molecular formula is C17H14N4O2. The van der Waals surface area contributed by atoms with Crippen LogP contribution in [0.1, 0.15) is 18.1 Å². The van der Waals surface area contributed by atoms with E-state index in [4.69, 9.17) is 9.57 Å². The first-order chi connectivity index (χ1) is 11.4. The lowest BCUT2D eigenvalue weighted by atomic mass is 10.1. The number of para-hydroxylation sites is 1. The first-order valence-corrected chi connectivity index (χ1v) is 7.29. The maximum Gasteiger partial charge on any atom is 0.175 e. The summed E-state index contributed by atoms with van der Waals surface area (Å²) in [7, 11) is 0. The molecule has 2 aromatic carbocycles. The first kappa shape index (κ1) is 13.5. The highest BCUT2D eigenvalue weighted by atomic mass is 16.6. The predicted octanol–water partition coefficient (Wildman–Crippen LogP) is 3.39. The van der Waals surface area contributed by atoms with E-state index >= 15 is 0 Å². The SMILES string of the molecule is c1ccc(Oc2ccc(C3CC(n4cncn4)=NO3)cc2)cc1. The molecule has 1 atom stereocenters. The summed E-state index contributed by atoms with van der Waals surface area (Å²) in [5.74, 6) is 2.35. The van der Waals surface area contributed by atoms with E-state index in [0.717, 1.165) is 22.9 Å². The Balaban J connectivity index is 1.43. The minimum atomic E-state index is -0.111. The van der Waals surface area contributed by atoms with Crippen LogP contribution < -0.4 is 4.74 Å². The molecule has 0 spiro atoms. The van der Waals surface area contributed by atoms with Crippen LogP contribution in [0.2, 0.25) is 0 Å². The van der Waals surface area contributed by atoms with Crippen molar-refractivity contribution in [2.75, 3.05) is 0 Å². The Kier molecular flexibility index (Phi) is 3.48. The van der Waals surface area contributed by atoms with Gasteiger partial charge in [0.1, 0.15) is 24.2 Å². The molecule has 114 valence electrons. The number of oxime groups is 1. The monoisotopic (exact) mass is 306 g/mol. The van der Waals surface area contributed by atoms with Gasteiger partial charge in [0.05, 0.1) is 6.42 Å². The molecule has 0 amide bonds. The number of aromatic nitrogens is 3. The smallest absolute Gasteiger partial charge is 0.175 e. The Bertz CT molecular complexity index is 798. The molecule has 0 N–H and O–H groups in total. The fraction of sp³-hybridized carbons (Fsp3) is 0.118. The third-order valence-electron chi connectivity index (χ3n) is 3.57. The normalized spacial score (nSPS) is 16.7. The van der Waals surface area contributed by atoms with Gasteiger partial charge in [-0.25, -0.2) is 9.67 Å². The fourth-order valence-electron chi connectivity index (χ4n) is 2.40. The highest BCUT2D eigenvalue weighted by Crippen LogP contribution is 2.29. The average molecular weight is 306 g/mol. The molecule has 0 bridgehead atoms. The number of benzene rings is 2. The lowest BCUT2D eigenvalue weighted by Gasteiger charge is -2.10. The van der Waals surface area contributed by atoms with E-state index in [1.807, 2.05) is 54.6 Å². The Morgan fingerprint density at radius 3 is 2.52 bits per heavy atom. The maximum absolute atomic E-state index is 5.78. The van der Waals surface area contributed by atoms with E-state index < -0.39 is 0 Å². The van der Waals surface area contributed by atoms with Crippen molar-refractivity contribution in [1.29, 1.82) is 0 Å². The lowest BCUT2D eigenvalue weighted by Crippen LogP contribution is -2.10. The number of hydrogen-bond donors (Lipinski definition) is 0. The van der Waals surface area contributed by atoms with Crippen molar-refractivity contribution in [3.63, 3.8) is 0 Å². The van der Waals surface area contributed by atoms with Gasteiger partial charge in [0.15, 0.2) is 11.9 Å². The molecule has 6 nitrogen and oxygen atoms in total. The van der Waals surface area contributed by atoms with Crippen molar-refractivity contribution in [1.82, 2.24) is 14.8 Å². The zero-order valence-corrected chi connectivity index (χ0v) is 12.2. The average Bonchev–Trinajstić information content (AvgIpc) is 3.28. The van der Waals surface area contributed by atoms with Crippen LogP contribution >= 0.6 is 0 Å². The number of hydrogen-bond acceptors (Lipinski definition) is 5. The van der Waals surface area contributed by atoms with E-state index in [1.54, 1.807) is 11.0 Å². The van der Waals surface area contributed by atoms with Gasteiger partial charge in [-0.2, -0.15) is 5.10 Å². The molecule has 0 saturated carbocycles. The molecular weight excluding hydrogens is 292 g/mol. The van der Waals surface area contributed by atoms with Crippen LogP contribution in [-0.4, -0.2) is 20.6 Å². The minimum absolute atomic E-state index is 0.111. The fourth-order valence-corrected chi connectivity index (χ4v) is 2.40. The molecule has 0 saturated heterocycles. The Morgan fingerprint density at radius 2 is 1.78 bits per heavy atom. The maximum atomic E-state index is 5.78. The lowest BCUT2D eigenvalue weighted by molar-refractivity contribution is 0.0856. The highest BCUT2D eigenvalue weighted by molar-refractivity contribution is 5.84. The molecule has 0 fully saturated rings. The quantitative estimate of drug-likeness (QED) is 0.744. The van der Waals surface area contributed by atoms with Gasteiger partial charge >= 0.3 is 0 Å². The van der Waals surface area contributed by atoms with Gasteiger partial charge < -0.3 is 9.57 Å². The van der Waals surface area contributed by atoms with Gasteiger partial charge in [-0.05, 0) is 29.8 Å². The second kappa shape index (κ2) is 5.92. The topological polar surface area (TPSA) is 61.5 Å². The zero-order chi connectivity index (χ0) is 15.5. The van der Waals surface area contributed by atoms with Gasteiger partial charge in [-0.3, -0.25) is 0 Å². The second-order valence-corrected chi connectivity index (χ2v) is 5.13. The van der Waals surface area contributed by atoms with Crippen LogP contribution in [0.3, 0.4) is 0 Å².